The summed E-state index contributed by atoms with van der Waals surface area (Å²) in [6.07, 6.45) is 0. The predicted octanol–water partition coefficient (Wildman–Crippen LogP) is 4.69. The van der Waals surface area contributed by atoms with E-state index in [-0.39, 0.29) is 11.5 Å². The fourth-order valence-corrected chi connectivity index (χ4v) is 3.65. The molecule has 0 bridgehead atoms. The lowest BCUT2D eigenvalue weighted by Crippen LogP contribution is -1.93. The van der Waals surface area contributed by atoms with Crippen LogP contribution in [0.15, 0.2) is 59.8 Å². The summed E-state index contributed by atoms with van der Waals surface area (Å²) in [6, 6.07) is 17.5. The van der Waals surface area contributed by atoms with Crippen LogP contribution in [0, 0.1) is 0 Å². The molecule has 7 heteroatoms. The van der Waals surface area contributed by atoms with Crippen molar-refractivity contribution in [3.63, 3.8) is 0 Å². The number of methoxy groups -OCH3 is 1. The fourth-order valence-electron chi connectivity index (χ4n) is 3.04. The van der Waals surface area contributed by atoms with Crippen molar-refractivity contribution in [2.75, 3.05) is 12.9 Å². The van der Waals surface area contributed by atoms with Crippen LogP contribution in [0.4, 0.5) is 0 Å². The van der Waals surface area contributed by atoms with Gasteiger partial charge in [-0.2, -0.15) is 0 Å². The van der Waals surface area contributed by atoms with Crippen molar-refractivity contribution in [1.29, 1.82) is 0 Å². The van der Waals surface area contributed by atoms with Crippen LogP contribution >= 0.6 is 11.8 Å². The summed E-state index contributed by atoms with van der Waals surface area (Å²) in [5.74, 6) is 1.77. The minimum Gasteiger partial charge on any atom is -0.507 e. The number of carbonyl (C=O) groups is 1. The number of hydrogen-bond donors (Lipinski definition) is 2. The molecule has 0 unspecified atom stereocenters. The number of ether oxygens (including phenoxy) is 1. The molecule has 0 saturated heterocycles. The molecular formula is C22H19N3O3S. The van der Waals surface area contributed by atoms with E-state index in [4.69, 9.17) is 4.74 Å². The van der Waals surface area contributed by atoms with E-state index >= 15 is 0 Å². The van der Waals surface area contributed by atoms with Crippen LogP contribution < -0.4 is 4.74 Å². The maximum absolute atomic E-state index is 11.1. The molecule has 6 nitrogen and oxygen atoms in total. The Morgan fingerprint density at radius 1 is 1.03 bits per heavy atom. The zero-order chi connectivity index (χ0) is 20.4. The molecule has 0 aliphatic carbocycles. The first-order chi connectivity index (χ1) is 14.0. The quantitative estimate of drug-likeness (QED) is 0.453. The van der Waals surface area contributed by atoms with Crippen molar-refractivity contribution >= 4 is 28.3 Å². The molecule has 4 rings (SSSR count). The first kappa shape index (κ1) is 19.0. The van der Waals surface area contributed by atoms with Gasteiger partial charge < -0.3 is 14.8 Å². The van der Waals surface area contributed by atoms with Crippen LogP contribution in [0.5, 0.6) is 11.5 Å². The average Bonchev–Trinajstić information content (AvgIpc) is 3.20. The molecule has 146 valence electrons. The molecular weight excluding hydrogens is 386 g/mol. The van der Waals surface area contributed by atoms with Gasteiger partial charge in [0.1, 0.15) is 17.3 Å². The third-order valence-electron chi connectivity index (χ3n) is 4.51. The third kappa shape index (κ3) is 4.09. The van der Waals surface area contributed by atoms with Gasteiger partial charge in [0.25, 0.3) is 0 Å². The van der Waals surface area contributed by atoms with E-state index in [0.717, 1.165) is 27.6 Å². The van der Waals surface area contributed by atoms with E-state index in [2.05, 4.69) is 21.2 Å². The average molecular weight is 405 g/mol. The van der Waals surface area contributed by atoms with Gasteiger partial charge in [-0.25, -0.2) is 0 Å². The van der Waals surface area contributed by atoms with Crippen molar-refractivity contribution in [2.24, 2.45) is 0 Å². The Bertz CT molecular complexity index is 1200. The number of rotatable bonds is 6. The molecule has 29 heavy (non-hydrogen) atoms. The Labute approximate surface area is 171 Å². The molecule has 0 fully saturated rings. The van der Waals surface area contributed by atoms with Gasteiger partial charge in [0.15, 0.2) is 11.0 Å². The first-order valence-electron chi connectivity index (χ1n) is 9.00. The number of phenolic OH excluding ortho intramolecular Hbond substituents is 1. The van der Waals surface area contributed by atoms with Crippen molar-refractivity contribution in [2.45, 2.75) is 12.1 Å². The molecule has 0 spiro atoms. The monoisotopic (exact) mass is 405 g/mol. The van der Waals surface area contributed by atoms with Crippen LogP contribution in [0.25, 0.3) is 33.3 Å². The Balaban J connectivity index is 1.68. The van der Waals surface area contributed by atoms with Crippen molar-refractivity contribution < 1.29 is 14.6 Å². The second-order valence-electron chi connectivity index (χ2n) is 6.63. The molecule has 3 aromatic carbocycles. The number of carbonyl (C=O) groups excluding carboxylic acids is 1. The molecule has 0 amide bonds. The number of aromatic hydroxyl groups is 1. The predicted molar refractivity (Wildman–Crippen MR) is 114 cm³/mol. The summed E-state index contributed by atoms with van der Waals surface area (Å²) in [5.41, 5.74) is 2.53. The molecule has 2 N–H and O–H groups in total. The third-order valence-corrected chi connectivity index (χ3v) is 5.52. The van der Waals surface area contributed by atoms with E-state index < -0.39 is 0 Å². The number of thioether (sulfide) groups is 1. The van der Waals surface area contributed by atoms with Gasteiger partial charge >= 0.3 is 0 Å². The molecule has 1 aromatic heterocycles. The van der Waals surface area contributed by atoms with Crippen molar-refractivity contribution in [1.82, 2.24) is 15.2 Å². The summed E-state index contributed by atoms with van der Waals surface area (Å²) < 4.78 is 5.28. The highest BCUT2D eigenvalue weighted by Crippen LogP contribution is 2.34. The Morgan fingerprint density at radius 2 is 1.76 bits per heavy atom. The lowest BCUT2D eigenvalue weighted by molar-refractivity contribution is -0.114. The minimum atomic E-state index is 0.0618. The fraction of sp³-hybridized carbons (Fsp3) is 0.136. The smallest absolute Gasteiger partial charge is 0.189 e. The Morgan fingerprint density at radius 3 is 2.55 bits per heavy atom. The summed E-state index contributed by atoms with van der Waals surface area (Å²) in [5, 5.41) is 21.2. The van der Waals surface area contributed by atoms with Crippen molar-refractivity contribution in [3.8, 4) is 34.0 Å². The molecule has 0 aliphatic heterocycles. The highest BCUT2D eigenvalue weighted by atomic mass is 32.2. The van der Waals surface area contributed by atoms with Crippen LogP contribution in [0.2, 0.25) is 0 Å². The van der Waals surface area contributed by atoms with Crippen molar-refractivity contribution in [3.05, 3.63) is 54.6 Å². The summed E-state index contributed by atoms with van der Waals surface area (Å²) >= 11 is 1.28. The van der Waals surface area contributed by atoms with Crippen LogP contribution in [0.1, 0.15) is 6.92 Å². The summed E-state index contributed by atoms with van der Waals surface area (Å²) in [6.45, 7) is 1.53. The number of H-pyrrole nitrogens is 1. The topological polar surface area (TPSA) is 88.1 Å². The minimum absolute atomic E-state index is 0.0618. The highest BCUT2D eigenvalue weighted by molar-refractivity contribution is 7.99. The number of phenols is 1. The molecule has 4 aromatic rings. The number of benzene rings is 3. The Kier molecular flexibility index (Phi) is 5.22. The zero-order valence-corrected chi connectivity index (χ0v) is 16.8. The number of ketones is 1. The molecule has 0 aliphatic rings. The number of nitrogens with one attached hydrogen (secondary N) is 1. The summed E-state index contributed by atoms with van der Waals surface area (Å²) in [7, 11) is 1.65. The Hall–Kier alpha value is -3.32. The van der Waals surface area contributed by atoms with E-state index in [9.17, 15) is 9.90 Å². The van der Waals surface area contributed by atoms with Gasteiger partial charge in [-0.1, -0.05) is 36.0 Å². The van der Waals surface area contributed by atoms with Gasteiger partial charge in [-0.15, -0.1) is 10.2 Å². The normalized spacial score (nSPS) is 11.0. The lowest BCUT2D eigenvalue weighted by Gasteiger charge is -2.08. The van der Waals surface area contributed by atoms with Gasteiger partial charge in [0.05, 0.1) is 18.4 Å². The van der Waals surface area contributed by atoms with Crippen LogP contribution in [-0.2, 0) is 4.79 Å². The SMILES string of the molecule is COc1ccc2cc(-c3ccc(O)c(-c4nnc(SCC(C)=O)[nH]4)c3)ccc2c1. The molecule has 0 atom stereocenters. The number of aromatic nitrogens is 3. The largest absolute Gasteiger partial charge is 0.507 e. The maximum Gasteiger partial charge on any atom is 0.189 e. The number of fused-ring (bicyclic) bond motifs is 1. The van der Waals surface area contributed by atoms with E-state index in [1.165, 1.54) is 18.7 Å². The van der Waals surface area contributed by atoms with Gasteiger partial charge in [-0.05, 0) is 59.2 Å². The van der Waals surface area contributed by atoms with Gasteiger partial charge in [-0.3, -0.25) is 4.79 Å². The lowest BCUT2D eigenvalue weighted by atomic mass is 9.99. The second-order valence-corrected chi connectivity index (χ2v) is 7.59. The maximum atomic E-state index is 11.1. The van der Waals surface area contributed by atoms with Crippen LogP contribution in [0.3, 0.4) is 0 Å². The van der Waals surface area contributed by atoms with E-state index in [1.807, 2.05) is 42.5 Å². The molecule has 1 heterocycles. The van der Waals surface area contributed by atoms with Gasteiger partial charge in [0.2, 0.25) is 0 Å². The number of hydrogen-bond acceptors (Lipinski definition) is 6. The first-order valence-corrected chi connectivity index (χ1v) is 9.98. The summed E-state index contributed by atoms with van der Waals surface area (Å²) in [4.78, 5) is 14.2. The second kappa shape index (κ2) is 7.97. The number of aromatic amines is 1. The number of nitrogens with zero attached hydrogens (tertiary/aromatic N) is 2. The highest BCUT2D eigenvalue weighted by Gasteiger charge is 2.13. The van der Waals surface area contributed by atoms with Gasteiger partial charge in [0, 0.05) is 0 Å². The van der Waals surface area contributed by atoms with E-state index in [1.54, 1.807) is 13.2 Å². The van der Waals surface area contributed by atoms with Crippen LogP contribution in [-0.4, -0.2) is 38.9 Å². The molecule has 0 saturated carbocycles. The molecule has 0 radical (unpaired) electrons. The van der Waals surface area contributed by atoms with E-state index in [0.29, 0.717) is 22.3 Å². The zero-order valence-electron chi connectivity index (χ0n) is 16.0. The standard InChI is InChI=1S/C22H19N3O3S/c1-13(26)12-29-22-23-21(24-25-22)19-11-17(6-8-20(19)27)14-3-4-16-10-18(28-2)7-5-15(16)9-14/h3-11,27H,12H2,1-2H3,(H,23,24,25). The number of Topliss-reactive ketones (excluding diaryl/α,β-unsaturated/α-hetero) is 1.